The molecule has 48 heavy (non-hydrogen) atoms. The van der Waals surface area contributed by atoms with Gasteiger partial charge in [0.25, 0.3) is 0 Å². The maximum atomic E-state index is 2.30. The summed E-state index contributed by atoms with van der Waals surface area (Å²) in [6, 6.07) is 35.3. The molecule has 0 saturated carbocycles. The molecular formula is C44H48S4. The molecule has 0 aliphatic heterocycles. The van der Waals surface area contributed by atoms with Gasteiger partial charge in [0.2, 0.25) is 0 Å². The number of thiophene rings is 4. The third kappa shape index (κ3) is 9.03. The fourth-order valence-electron chi connectivity index (χ4n) is 5.67. The van der Waals surface area contributed by atoms with Crippen LogP contribution in [0.25, 0.3) is 40.3 Å². The van der Waals surface area contributed by atoms with Crippen molar-refractivity contribution in [2.75, 3.05) is 0 Å². The summed E-state index contributed by atoms with van der Waals surface area (Å²) in [6.07, 6.45) is 0. The van der Waals surface area contributed by atoms with Crippen molar-refractivity contribution in [1.82, 2.24) is 0 Å². The van der Waals surface area contributed by atoms with Crippen molar-refractivity contribution in [3.63, 3.8) is 0 Å². The first-order valence-electron chi connectivity index (χ1n) is 17.0. The van der Waals surface area contributed by atoms with Crippen molar-refractivity contribution in [3.05, 3.63) is 141 Å². The normalized spacial score (nSPS) is 11.2. The predicted molar refractivity (Wildman–Crippen MR) is 224 cm³/mol. The fourth-order valence-corrected chi connectivity index (χ4v) is 9.16. The minimum atomic E-state index is 0.628. The first-order valence-corrected chi connectivity index (χ1v) is 20.5. The average molecular weight is 705 g/mol. The van der Waals surface area contributed by atoms with E-state index in [4.69, 9.17) is 0 Å². The topological polar surface area (TPSA) is 0 Å². The van der Waals surface area contributed by atoms with E-state index in [0.29, 0.717) is 23.7 Å². The number of rotatable bonds is 4. The molecule has 0 amide bonds. The zero-order valence-electron chi connectivity index (χ0n) is 29.5. The summed E-state index contributed by atoms with van der Waals surface area (Å²) in [5, 5.41) is 14.2. The number of benzene rings is 4. The average Bonchev–Trinajstić information content (AvgIpc) is 3.90. The maximum Gasteiger partial charge on any atom is 0.0377 e. The predicted octanol–water partition coefficient (Wildman–Crippen LogP) is 16.1. The lowest BCUT2D eigenvalue weighted by atomic mass is 10.00. The minimum absolute atomic E-state index is 0.628. The van der Waals surface area contributed by atoms with Crippen molar-refractivity contribution >= 4 is 85.7 Å². The molecule has 248 valence electrons. The Balaban J connectivity index is 0.000000125. The molecule has 4 heterocycles. The van der Waals surface area contributed by atoms with Crippen LogP contribution in [0.3, 0.4) is 0 Å². The summed E-state index contributed by atoms with van der Waals surface area (Å²) in [5.74, 6) is 2.53. The van der Waals surface area contributed by atoms with Gasteiger partial charge >= 0.3 is 0 Å². The van der Waals surface area contributed by atoms with Gasteiger partial charge in [-0.05, 0) is 131 Å². The fraction of sp³-hybridized carbons (Fsp3) is 0.273. The molecule has 0 bridgehead atoms. The van der Waals surface area contributed by atoms with Gasteiger partial charge in [-0.1, -0.05) is 110 Å². The van der Waals surface area contributed by atoms with Gasteiger partial charge in [-0.15, -0.1) is 45.3 Å². The smallest absolute Gasteiger partial charge is 0.0377 e. The minimum Gasteiger partial charge on any atom is -0.144 e. The molecule has 0 aliphatic carbocycles. The van der Waals surface area contributed by atoms with Crippen LogP contribution in [-0.2, 0) is 0 Å². The molecule has 8 rings (SSSR count). The van der Waals surface area contributed by atoms with Gasteiger partial charge in [-0.3, -0.25) is 0 Å². The van der Waals surface area contributed by atoms with Gasteiger partial charge in [-0.25, -0.2) is 0 Å². The second-order valence-electron chi connectivity index (χ2n) is 13.4. The Hall–Kier alpha value is -3.28. The van der Waals surface area contributed by atoms with Gasteiger partial charge in [0, 0.05) is 18.8 Å². The summed E-state index contributed by atoms with van der Waals surface area (Å²) >= 11 is 7.29. The SMILES string of the molecule is CC(C)c1ccc2ccsc2c1.CC(C)c1ccc2sccc2c1.CC(C)c1cccc2ccsc12.CC(C)c1cccc2sccc12. The Morgan fingerprint density at radius 1 is 0.375 bits per heavy atom. The molecule has 4 heteroatoms. The van der Waals surface area contributed by atoms with Crippen molar-refractivity contribution in [1.29, 1.82) is 0 Å². The van der Waals surface area contributed by atoms with Crippen molar-refractivity contribution in [3.8, 4) is 0 Å². The largest absolute Gasteiger partial charge is 0.144 e. The summed E-state index contributed by atoms with van der Waals surface area (Å²) in [4.78, 5) is 0. The van der Waals surface area contributed by atoms with Crippen LogP contribution in [-0.4, -0.2) is 0 Å². The van der Waals surface area contributed by atoms with E-state index in [1.807, 2.05) is 45.3 Å². The van der Waals surface area contributed by atoms with E-state index in [9.17, 15) is 0 Å². The molecule has 0 spiro atoms. The lowest BCUT2D eigenvalue weighted by Crippen LogP contribution is -1.85. The summed E-state index contributed by atoms with van der Waals surface area (Å²) in [7, 11) is 0. The molecule has 4 aromatic heterocycles. The molecular weight excluding hydrogens is 657 g/mol. The number of fused-ring (bicyclic) bond motifs is 4. The lowest BCUT2D eigenvalue weighted by molar-refractivity contribution is 0.869. The molecule has 0 nitrogen and oxygen atoms in total. The van der Waals surface area contributed by atoms with Crippen LogP contribution in [0.2, 0.25) is 0 Å². The van der Waals surface area contributed by atoms with E-state index in [1.165, 1.54) is 62.6 Å². The zero-order valence-corrected chi connectivity index (χ0v) is 32.8. The quantitative estimate of drug-likeness (QED) is 0.171. The van der Waals surface area contributed by atoms with Crippen LogP contribution in [0.5, 0.6) is 0 Å². The summed E-state index contributed by atoms with van der Waals surface area (Å²) in [5.41, 5.74) is 5.81. The third-order valence-corrected chi connectivity index (χ3v) is 12.2. The second kappa shape index (κ2) is 16.9. The van der Waals surface area contributed by atoms with Crippen LogP contribution in [0, 0.1) is 0 Å². The third-order valence-electron chi connectivity index (χ3n) is 8.57. The molecule has 8 aromatic rings. The second-order valence-corrected chi connectivity index (χ2v) is 17.2. The standard InChI is InChI=1S/4C11H12S/c1-8(2)9-3-4-11-10(7-9)5-6-12-11;1-8(2)10-4-3-9-5-6-12-11(9)7-10;1-8(2)9-4-3-5-11-10(9)6-7-12-11;1-8(2)10-5-3-4-9-6-7-12-11(9)10/h4*3-8H,1-2H3. The van der Waals surface area contributed by atoms with Gasteiger partial charge in [0.15, 0.2) is 0 Å². The Kier molecular flexibility index (Phi) is 12.7. The molecule has 4 aromatic carbocycles. The van der Waals surface area contributed by atoms with Crippen LogP contribution in [0.1, 0.15) is 101 Å². The van der Waals surface area contributed by atoms with Crippen LogP contribution in [0.4, 0.5) is 0 Å². The van der Waals surface area contributed by atoms with Crippen molar-refractivity contribution in [2.45, 2.75) is 79.1 Å². The van der Waals surface area contributed by atoms with Crippen molar-refractivity contribution < 1.29 is 0 Å². The molecule has 0 unspecified atom stereocenters. The van der Waals surface area contributed by atoms with E-state index in [2.05, 4.69) is 174 Å². The van der Waals surface area contributed by atoms with Gasteiger partial charge in [0.1, 0.15) is 0 Å². The monoisotopic (exact) mass is 704 g/mol. The molecule has 0 atom stereocenters. The van der Waals surface area contributed by atoms with Gasteiger partial charge in [-0.2, -0.15) is 0 Å². The summed E-state index contributed by atoms with van der Waals surface area (Å²) < 4.78 is 5.65. The first-order chi connectivity index (χ1) is 23.1. The maximum absolute atomic E-state index is 2.30. The zero-order chi connectivity index (χ0) is 34.2. The van der Waals surface area contributed by atoms with E-state index < -0.39 is 0 Å². The molecule has 0 radical (unpaired) electrons. The van der Waals surface area contributed by atoms with Crippen LogP contribution < -0.4 is 0 Å². The van der Waals surface area contributed by atoms with Gasteiger partial charge in [0.05, 0.1) is 0 Å². The van der Waals surface area contributed by atoms with E-state index in [0.717, 1.165) is 0 Å². The molecule has 0 fully saturated rings. The molecule has 0 aliphatic rings. The Morgan fingerprint density at radius 3 is 1.67 bits per heavy atom. The lowest BCUT2D eigenvalue weighted by Gasteiger charge is -2.05. The van der Waals surface area contributed by atoms with Gasteiger partial charge < -0.3 is 0 Å². The Morgan fingerprint density at radius 2 is 0.938 bits per heavy atom. The Labute approximate surface area is 303 Å². The number of hydrogen-bond acceptors (Lipinski definition) is 4. The van der Waals surface area contributed by atoms with Crippen molar-refractivity contribution in [2.24, 2.45) is 0 Å². The van der Waals surface area contributed by atoms with E-state index >= 15 is 0 Å². The number of hydrogen-bond donors (Lipinski definition) is 0. The molecule has 0 N–H and O–H groups in total. The van der Waals surface area contributed by atoms with E-state index in [1.54, 1.807) is 0 Å². The Bertz CT molecular complexity index is 2000. The summed E-state index contributed by atoms with van der Waals surface area (Å²) in [6.45, 7) is 17.9. The highest BCUT2D eigenvalue weighted by molar-refractivity contribution is 7.18. The highest BCUT2D eigenvalue weighted by Gasteiger charge is 2.06. The highest BCUT2D eigenvalue weighted by Crippen LogP contribution is 2.30. The highest BCUT2D eigenvalue weighted by atomic mass is 32.1. The molecule has 0 saturated heterocycles. The van der Waals surface area contributed by atoms with E-state index in [-0.39, 0.29) is 0 Å². The van der Waals surface area contributed by atoms with Crippen LogP contribution in [0.15, 0.2) is 119 Å². The first kappa shape index (κ1) is 36.0. The van der Waals surface area contributed by atoms with Crippen LogP contribution >= 0.6 is 45.3 Å².